The standard InChI is InChI=1S/C21H25.C9H18.C5H5.Zr/c1-20(2,3)16-7-9-18-14(12-16)11-15-13-17(21(4,5)6)8-10-19(15)18;1-8(2)6-5-7-9(3)4;1-2-4-5-3-1;/h7-10,12H,11H2,1-6H3;8-9H,6-7H2,1-4H3;1-5H;/q-1;;-1;+2. The fraction of sp³-hybridized carbons (Fsp3) is 0.486. The Kier molecular flexibility index (Phi) is 11.4. The van der Waals surface area contributed by atoms with Gasteiger partial charge in [0.25, 0.3) is 0 Å². The largest absolute Gasteiger partial charge is 0.214 e. The van der Waals surface area contributed by atoms with Gasteiger partial charge in [0.05, 0.1) is 0 Å². The fourth-order valence-corrected chi connectivity index (χ4v) is 6.42. The van der Waals surface area contributed by atoms with Gasteiger partial charge in [0.2, 0.25) is 0 Å². The van der Waals surface area contributed by atoms with Crippen LogP contribution in [-0.4, -0.2) is 3.21 Å². The molecule has 0 radical (unpaired) electrons. The summed E-state index contributed by atoms with van der Waals surface area (Å²) < 4.78 is 1.75. The van der Waals surface area contributed by atoms with Crippen molar-refractivity contribution in [2.45, 2.75) is 99.3 Å². The van der Waals surface area contributed by atoms with Gasteiger partial charge in [-0.15, -0.1) is 11.1 Å². The fourth-order valence-electron chi connectivity index (χ4n) is 4.42. The summed E-state index contributed by atoms with van der Waals surface area (Å²) in [6.45, 7) is 22.8. The smallest absolute Gasteiger partial charge is 0.172 e. The molecule has 0 saturated carbocycles. The first-order chi connectivity index (χ1) is 16.7. The van der Waals surface area contributed by atoms with E-state index in [1.807, 2.05) is 30.3 Å². The molecule has 0 nitrogen and oxygen atoms in total. The summed E-state index contributed by atoms with van der Waals surface area (Å²) in [6, 6.07) is 25.2. The molecule has 36 heavy (non-hydrogen) atoms. The predicted octanol–water partition coefficient (Wildman–Crippen LogP) is 9.86. The molecule has 3 aromatic carbocycles. The van der Waals surface area contributed by atoms with Gasteiger partial charge in [0.1, 0.15) is 0 Å². The molecule has 0 fully saturated rings. The summed E-state index contributed by atoms with van der Waals surface area (Å²) in [5, 5.41) is 0. The van der Waals surface area contributed by atoms with Crippen LogP contribution in [0, 0.1) is 17.9 Å². The van der Waals surface area contributed by atoms with Gasteiger partial charge in [-0.25, -0.2) is 12.1 Å². The summed E-state index contributed by atoms with van der Waals surface area (Å²) in [5.41, 5.74) is 8.70. The molecule has 4 rings (SSSR count). The summed E-state index contributed by atoms with van der Waals surface area (Å²) in [7, 11) is 0. The SMILES string of the molecule is CC(C)(C)c1[c-]c2c(cc1)-c1ccc(C(C)(C)C)cc1C2.CC(C)C[C](=[Zr+2])CC(C)C.c1cc[cH-]c1. The first kappa shape index (κ1) is 30.8. The normalized spacial score (nSPS) is 12.4. The van der Waals surface area contributed by atoms with E-state index in [0.717, 1.165) is 18.3 Å². The quantitative estimate of drug-likeness (QED) is 0.218. The van der Waals surface area contributed by atoms with Crippen LogP contribution in [-0.2, 0) is 41.5 Å². The molecule has 1 heteroatoms. The maximum Gasteiger partial charge on any atom is -0.172 e. The molecule has 0 N–H and O–H groups in total. The second-order valence-electron chi connectivity index (χ2n) is 13.1. The number of benzene rings is 2. The molecule has 1 aliphatic carbocycles. The van der Waals surface area contributed by atoms with Crippen LogP contribution in [0.15, 0.2) is 60.7 Å². The third-order valence-electron chi connectivity index (χ3n) is 6.33. The van der Waals surface area contributed by atoms with Crippen LogP contribution in [0.1, 0.15) is 104 Å². The summed E-state index contributed by atoms with van der Waals surface area (Å²) in [5.74, 6) is 1.71. The van der Waals surface area contributed by atoms with E-state index in [0.29, 0.717) is 0 Å². The van der Waals surface area contributed by atoms with Crippen LogP contribution in [0.3, 0.4) is 0 Å². The van der Waals surface area contributed by atoms with Gasteiger partial charge < -0.3 is 0 Å². The number of fused-ring (bicyclic) bond motifs is 3. The number of rotatable bonds is 4. The number of hydrogen-bond acceptors (Lipinski definition) is 0. The molecule has 0 spiro atoms. The Morgan fingerprint density at radius 2 is 1.39 bits per heavy atom. The van der Waals surface area contributed by atoms with Crippen molar-refractivity contribution < 1.29 is 24.2 Å². The van der Waals surface area contributed by atoms with Crippen molar-refractivity contribution in [2.75, 3.05) is 0 Å². The van der Waals surface area contributed by atoms with Crippen LogP contribution in [0.5, 0.6) is 0 Å². The second kappa shape index (κ2) is 13.4. The Morgan fingerprint density at radius 3 is 1.83 bits per heavy atom. The molecule has 192 valence electrons. The van der Waals surface area contributed by atoms with Gasteiger partial charge in [-0.05, 0) is 28.4 Å². The molecule has 0 aliphatic heterocycles. The predicted molar refractivity (Wildman–Crippen MR) is 157 cm³/mol. The van der Waals surface area contributed by atoms with E-state index < -0.39 is 0 Å². The molecule has 0 aromatic heterocycles. The minimum Gasteiger partial charge on any atom is -0.214 e. The zero-order valence-corrected chi connectivity index (χ0v) is 27.0. The van der Waals surface area contributed by atoms with E-state index in [2.05, 4.69) is 106 Å². The Morgan fingerprint density at radius 1 is 0.833 bits per heavy atom. The minimum absolute atomic E-state index is 0.167. The molecule has 0 atom stereocenters. The first-order valence-electron chi connectivity index (χ1n) is 13.6. The van der Waals surface area contributed by atoms with E-state index in [-0.39, 0.29) is 10.8 Å². The zero-order chi connectivity index (χ0) is 27.1. The van der Waals surface area contributed by atoms with E-state index in [9.17, 15) is 0 Å². The van der Waals surface area contributed by atoms with E-state index in [1.165, 1.54) is 46.2 Å². The average molecular weight is 560 g/mol. The Balaban J connectivity index is 0.000000252. The molecule has 0 amide bonds. The molecular formula is C35H48Zr. The van der Waals surface area contributed by atoms with Crippen LogP contribution in [0.4, 0.5) is 0 Å². The van der Waals surface area contributed by atoms with Gasteiger partial charge in [-0.1, -0.05) is 65.3 Å². The summed E-state index contributed by atoms with van der Waals surface area (Å²) >= 11 is 1.65. The van der Waals surface area contributed by atoms with E-state index >= 15 is 0 Å². The van der Waals surface area contributed by atoms with Gasteiger partial charge in [0, 0.05) is 0 Å². The monoisotopic (exact) mass is 558 g/mol. The Labute approximate surface area is 237 Å². The van der Waals surface area contributed by atoms with Crippen LogP contribution >= 0.6 is 0 Å². The molecule has 0 unspecified atom stereocenters. The third-order valence-corrected chi connectivity index (χ3v) is 7.33. The average Bonchev–Trinajstić information content (AvgIpc) is 3.42. The third kappa shape index (κ3) is 9.78. The summed E-state index contributed by atoms with van der Waals surface area (Å²) in [4.78, 5) is 0. The van der Waals surface area contributed by atoms with Gasteiger partial charge in [-0.2, -0.15) is 42.0 Å². The molecular weight excluding hydrogens is 512 g/mol. The maximum atomic E-state index is 3.67. The molecule has 1 aliphatic rings. The van der Waals surface area contributed by atoms with Crippen molar-refractivity contribution in [1.29, 1.82) is 0 Å². The van der Waals surface area contributed by atoms with E-state index in [1.54, 1.807) is 27.4 Å². The van der Waals surface area contributed by atoms with Gasteiger partial charge in [0.15, 0.2) is 0 Å². The molecule has 0 bridgehead atoms. The van der Waals surface area contributed by atoms with Crippen molar-refractivity contribution in [3.8, 4) is 11.1 Å². The Hall–Kier alpha value is -1.46. The Bertz CT molecular complexity index is 992. The zero-order valence-electron chi connectivity index (χ0n) is 24.5. The van der Waals surface area contributed by atoms with Crippen molar-refractivity contribution in [2.24, 2.45) is 11.8 Å². The minimum atomic E-state index is 0.167. The first-order valence-corrected chi connectivity index (χ1v) is 14.8. The topological polar surface area (TPSA) is 0 Å². The van der Waals surface area contributed by atoms with Gasteiger partial charge in [-0.3, -0.25) is 0 Å². The van der Waals surface area contributed by atoms with E-state index in [4.69, 9.17) is 0 Å². The van der Waals surface area contributed by atoms with Crippen LogP contribution in [0.2, 0.25) is 0 Å². The van der Waals surface area contributed by atoms with Crippen molar-refractivity contribution in [3.05, 3.63) is 89.0 Å². The van der Waals surface area contributed by atoms with Crippen molar-refractivity contribution in [3.63, 3.8) is 0 Å². The maximum absolute atomic E-state index is 3.67. The summed E-state index contributed by atoms with van der Waals surface area (Å²) in [6.07, 6.45) is 3.71. The second-order valence-corrected chi connectivity index (χ2v) is 14.8. The molecule has 0 saturated heterocycles. The van der Waals surface area contributed by atoms with Crippen molar-refractivity contribution in [1.82, 2.24) is 0 Å². The van der Waals surface area contributed by atoms with Crippen LogP contribution in [0.25, 0.3) is 11.1 Å². The molecule has 0 heterocycles. The van der Waals surface area contributed by atoms with Crippen LogP contribution < -0.4 is 0 Å². The van der Waals surface area contributed by atoms with Crippen molar-refractivity contribution >= 4 is 3.21 Å². The van der Waals surface area contributed by atoms with Gasteiger partial charge >= 0.3 is 79.8 Å². The molecule has 3 aromatic rings. The number of hydrogen-bond donors (Lipinski definition) is 0.